The van der Waals surface area contributed by atoms with Gasteiger partial charge in [0.1, 0.15) is 6.17 Å². The van der Waals surface area contributed by atoms with Crippen LogP contribution in [0.1, 0.15) is 12.8 Å². The van der Waals surface area contributed by atoms with Gasteiger partial charge in [0.2, 0.25) is 0 Å². The van der Waals surface area contributed by atoms with Crippen LogP contribution in [0.15, 0.2) is 11.7 Å². The fourth-order valence-corrected chi connectivity index (χ4v) is 1.00. The Morgan fingerprint density at radius 2 is 2.08 bits per heavy atom. The first-order chi connectivity index (χ1) is 5.52. The summed E-state index contributed by atoms with van der Waals surface area (Å²) in [5.41, 5.74) is -2.90. The summed E-state index contributed by atoms with van der Waals surface area (Å²) < 4.78 is 50.0. The molecular formula is C7H6F4O. The van der Waals surface area contributed by atoms with Gasteiger partial charge in [-0.2, -0.15) is 0 Å². The number of hydrogen-bond donors (Lipinski definition) is 0. The van der Waals surface area contributed by atoms with Crippen molar-refractivity contribution in [2.24, 2.45) is 0 Å². The molecule has 0 N–H and O–H groups in total. The van der Waals surface area contributed by atoms with Crippen LogP contribution in [0, 0.1) is 0 Å². The highest BCUT2D eigenvalue weighted by molar-refractivity contribution is 5.71. The smallest absolute Gasteiger partial charge is 0.197 e. The van der Waals surface area contributed by atoms with Gasteiger partial charge in [-0.05, 0) is 12.8 Å². The number of aldehydes is 1. The van der Waals surface area contributed by atoms with Gasteiger partial charge in [-0.3, -0.25) is 4.79 Å². The van der Waals surface area contributed by atoms with Crippen molar-refractivity contribution in [3.8, 4) is 0 Å². The largest absolute Gasteiger partial charge is 0.295 e. The molecule has 0 aromatic carbocycles. The Balaban J connectivity index is 2.89. The quantitative estimate of drug-likeness (QED) is 0.363. The number of hydrogen-bond acceptors (Lipinski definition) is 1. The minimum absolute atomic E-state index is 0.143. The normalized spacial score (nSPS) is 36.8. The fourth-order valence-electron chi connectivity index (χ4n) is 1.00. The van der Waals surface area contributed by atoms with Crippen molar-refractivity contribution in [2.45, 2.75) is 24.7 Å². The molecule has 0 saturated heterocycles. The molecule has 1 aliphatic carbocycles. The van der Waals surface area contributed by atoms with Crippen molar-refractivity contribution in [1.29, 1.82) is 0 Å². The van der Waals surface area contributed by atoms with Crippen LogP contribution in [0.2, 0.25) is 0 Å². The lowest BCUT2D eigenvalue weighted by Gasteiger charge is -2.35. The maximum atomic E-state index is 12.9. The molecule has 0 spiro atoms. The van der Waals surface area contributed by atoms with Crippen molar-refractivity contribution in [2.75, 3.05) is 0 Å². The van der Waals surface area contributed by atoms with Crippen LogP contribution in [-0.4, -0.2) is 18.1 Å². The Morgan fingerprint density at radius 3 is 2.33 bits per heavy atom. The number of halogens is 4. The SMILES string of the molecule is O=CC(F)=C(F)C1(F)CCC1F. The molecule has 0 radical (unpaired) electrons. The van der Waals surface area contributed by atoms with Crippen molar-refractivity contribution in [1.82, 2.24) is 0 Å². The van der Waals surface area contributed by atoms with E-state index in [1.807, 2.05) is 0 Å². The first-order valence-electron chi connectivity index (χ1n) is 3.36. The van der Waals surface area contributed by atoms with E-state index in [0.29, 0.717) is 0 Å². The summed E-state index contributed by atoms with van der Waals surface area (Å²) in [6.45, 7) is 0. The van der Waals surface area contributed by atoms with E-state index in [9.17, 15) is 22.4 Å². The molecule has 0 aromatic rings. The van der Waals surface area contributed by atoms with E-state index in [1.54, 1.807) is 0 Å². The standard InChI is InChI=1S/C7H6F4O/c8-4(3-12)6(10)7(11)2-1-5(7)9/h3,5H,1-2H2. The molecular weight excluding hydrogens is 176 g/mol. The highest BCUT2D eigenvalue weighted by Crippen LogP contribution is 2.45. The van der Waals surface area contributed by atoms with Crippen LogP contribution in [0.5, 0.6) is 0 Å². The zero-order valence-electron chi connectivity index (χ0n) is 5.99. The Kier molecular flexibility index (Phi) is 2.21. The molecule has 0 heterocycles. The average Bonchev–Trinajstić information content (AvgIpc) is 2.11. The highest BCUT2D eigenvalue weighted by Gasteiger charge is 2.53. The Labute approximate surface area is 66.1 Å². The number of allylic oxidation sites excluding steroid dienone is 2. The summed E-state index contributed by atoms with van der Waals surface area (Å²) in [5.74, 6) is -3.78. The Hall–Kier alpha value is -0.870. The molecule has 1 saturated carbocycles. The monoisotopic (exact) mass is 182 g/mol. The number of carbonyl (C=O) groups excluding carboxylic acids is 1. The molecule has 5 heteroatoms. The molecule has 2 unspecified atom stereocenters. The van der Waals surface area contributed by atoms with Crippen LogP contribution in [-0.2, 0) is 4.79 Å². The molecule has 1 fully saturated rings. The third kappa shape index (κ3) is 1.13. The Morgan fingerprint density at radius 1 is 1.50 bits per heavy atom. The van der Waals surface area contributed by atoms with Crippen LogP contribution in [0.3, 0.4) is 0 Å². The molecule has 1 nitrogen and oxygen atoms in total. The van der Waals surface area contributed by atoms with Crippen molar-refractivity contribution < 1.29 is 22.4 Å². The second-order valence-electron chi connectivity index (χ2n) is 2.65. The van der Waals surface area contributed by atoms with Gasteiger partial charge in [0.05, 0.1) is 0 Å². The number of rotatable bonds is 2. The van der Waals surface area contributed by atoms with Gasteiger partial charge in [-0.25, -0.2) is 17.6 Å². The molecule has 0 aromatic heterocycles. The van der Waals surface area contributed by atoms with Gasteiger partial charge in [0.15, 0.2) is 23.6 Å². The second kappa shape index (κ2) is 2.88. The van der Waals surface area contributed by atoms with Gasteiger partial charge in [0.25, 0.3) is 0 Å². The summed E-state index contributed by atoms with van der Waals surface area (Å²) in [4.78, 5) is 9.68. The highest BCUT2D eigenvalue weighted by atomic mass is 19.2. The van der Waals surface area contributed by atoms with Crippen LogP contribution < -0.4 is 0 Å². The summed E-state index contributed by atoms with van der Waals surface area (Å²) >= 11 is 0. The van der Waals surface area contributed by atoms with Gasteiger partial charge >= 0.3 is 0 Å². The van der Waals surface area contributed by atoms with E-state index in [1.165, 1.54) is 0 Å². The van der Waals surface area contributed by atoms with Crippen LogP contribution in [0.25, 0.3) is 0 Å². The summed E-state index contributed by atoms with van der Waals surface area (Å²) in [6, 6.07) is 0. The predicted octanol–water partition coefficient (Wildman–Crippen LogP) is 2.18. The number of alkyl halides is 2. The molecule has 1 rings (SSSR count). The van der Waals surface area contributed by atoms with Gasteiger partial charge in [-0.1, -0.05) is 0 Å². The second-order valence-corrected chi connectivity index (χ2v) is 2.65. The minimum atomic E-state index is -2.90. The predicted molar refractivity (Wildman–Crippen MR) is 33.3 cm³/mol. The number of carbonyl (C=O) groups is 1. The first kappa shape index (κ1) is 9.22. The Bertz CT molecular complexity index is 238. The molecule has 68 valence electrons. The maximum Gasteiger partial charge on any atom is 0.197 e. The molecule has 0 aliphatic heterocycles. The van der Waals surface area contributed by atoms with Crippen molar-refractivity contribution in [3.05, 3.63) is 11.7 Å². The van der Waals surface area contributed by atoms with Crippen molar-refractivity contribution in [3.63, 3.8) is 0 Å². The van der Waals surface area contributed by atoms with Gasteiger partial charge in [-0.15, -0.1) is 0 Å². The third-order valence-corrected chi connectivity index (χ3v) is 1.94. The third-order valence-electron chi connectivity index (χ3n) is 1.94. The summed E-state index contributed by atoms with van der Waals surface area (Å²) in [6.07, 6.45) is -3.07. The molecule has 0 bridgehead atoms. The molecule has 2 atom stereocenters. The van der Waals surface area contributed by atoms with E-state index in [2.05, 4.69) is 0 Å². The maximum absolute atomic E-state index is 12.9. The van der Waals surface area contributed by atoms with E-state index >= 15 is 0 Å². The lowest BCUT2D eigenvalue weighted by Crippen LogP contribution is -2.46. The van der Waals surface area contributed by atoms with Crippen LogP contribution >= 0.6 is 0 Å². The minimum Gasteiger partial charge on any atom is -0.295 e. The zero-order valence-corrected chi connectivity index (χ0v) is 5.99. The summed E-state index contributed by atoms with van der Waals surface area (Å²) in [5, 5.41) is 0. The molecule has 12 heavy (non-hydrogen) atoms. The van der Waals surface area contributed by atoms with Crippen LogP contribution in [0.4, 0.5) is 17.6 Å². The zero-order chi connectivity index (χ0) is 9.35. The van der Waals surface area contributed by atoms with Crippen molar-refractivity contribution >= 4 is 6.29 Å². The molecule has 1 aliphatic rings. The van der Waals surface area contributed by atoms with Gasteiger partial charge in [0, 0.05) is 0 Å². The van der Waals surface area contributed by atoms with E-state index in [4.69, 9.17) is 0 Å². The van der Waals surface area contributed by atoms with E-state index < -0.39 is 36.2 Å². The lowest BCUT2D eigenvalue weighted by molar-refractivity contribution is -0.106. The van der Waals surface area contributed by atoms with E-state index in [0.717, 1.165) is 0 Å². The van der Waals surface area contributed by atoms with Gasteiger partial charge < -0.3 is 0 Å². The van der Waals surface area contributed by atoms with E-state index in [-0.39, 0.29) is 6.42 Å². The summed E-state index contributed by atoms with van der Waals surface area (Å²) in [7, 11) is 0. The fraction of sp³-hybridized carbons (Fsp3) is 0.571. The first-order valence-corrected chi connectivity index (χ1v) is 3.36. The molecule has 0 amide bonds. The topological polar surface area (TPSA) is 17.1 Å². The average molecular weight is 182 g/mol. The lowest BCUT2D eigenvalue weighted by atomic mass is 9.78.